The Balaban J connectivity index is 1.59. The lowest BCUT2D eigenvalue weighted by atomic mass is 9.96. The van der Waals surface area contributed by atoms with E-state index in [0.29, 0.717) is 5.41 Å². The van der Waals surface area contributed by atoms with Gasteiger partial charge in [0.25, 0.3) is 0 Å². The van der Waals surface area contributed by atoms with Crippen LogP contribution < -0.4 is 5.32 Å². The Morgan fingerprint density at radius 3 is 2.48 bits per heavy atom. The molecule has 1 aliphatic carbocycles. The standard InChI is InChI=1S/C19H18N2/c1-2-7-16(8-3-1)19(11-12-19)14-21-18-17-9-5-4-6-15(17)10-13-20-18/h1-10,13H,11-12,14H2,(H,20,21). The summed E-state index contributed by atoms with van der Waals surface area (Å²) in [4.78, 5) is 4.52. The molecule has 0 amide bonds. The van der Waals surface area contributed by atoms with E-state index in [1.165, 1.54) is 29.2 Å². The molecule has 0 saturated heterocycles. The van der Waals surface area contributed by atoms with Crippen LogP contribution in [0.15, 0.2) is 66.9 Å². The molecule has 0 spiro atoms. The monoisotopic (exact) mass is 274 g/mol. The SMILES string of the molecule is c1ccc(C2(CNc3nccc4ccccc34)CC2)cc1. The Bertz CT molecular complexity index is 755. The first-order valence-corrected chi connectivity index (χ1v) is 7.51. The molecule has 2 aromatic carbocycles. The highest BCUT2D eigenvalue weighted by Crippen LogP contribution is 2.48. The molecule has 2 heteroatoms. The van der Waals surface area contributed by atoms with Crippen LogP contribution in [0.4, 0.5) is 5.82 Å². The summed E-state index contributed by atoms with van der Waals surface area (Å²) in [5.41, 5.74) is 1.75. The molecule has 0 unspecified atom stereocenters. The van der Waals surface area contributed by atoms with Crippen LogP contribution in [0.3, 0.4) is 0 Å². The van der Waals surface area contributed by atoms with Gasteiger partial charge in [0.1, 0.15) is 5.82 Å². The fourth-order valence-corrected chi connectivity index (χ4v) is 3.02. The predicted molar refractivity (Wildman–Crippen MR) is 87.6 cm³/mol. The van der Waals surface area contributed by atoms with E-state index in [2.05, 4.69) is 71.0 Å². The Morgan fingerprint density at radius 2 is 1.67 bits per heavy atom. The summed E-state index contributed by atoms with van der Waals surface area (Å²) >= 11 is 0. The van der Waals surface area contributed by atoms with Gasteiger partial charge in [-0.05, 0) is 29.9 Å². The molecule has 1 saturated carbocycles. The first-order chi connectivity index (χ1) is 10.4. The molecule has 0 aliphatic heterocycles. The van der Waals surface area contributed by atoms with E-state index in [1.54, 1.807) is 0 Å². The molecule has 3 aromatic rings. The van der Waals surface area contributed by atoms with Gasteiger partial charge in [0.15, 0.2) is 0 Å². The summed E-state index contributed by atoms with van der Waals surface area (Å²) in [5, 5.41) is 6.01. The molecular formula is C19H18N2. The lowest BCUT2D eigenvalue weighted by Gasteiger charge is -2.17. The second-order valence-corrected chi connectivity index (χ2v) is 5.88. The van der Waals surface area contributed by atoms with Crippen molar-refractivity contribution in [3.63, 3.8) is 0 Å². The minimum absolute atomic E-state index is 0.305. The number of hydrogen-bond donors (Lipinski definition) is 1. The highest BCUT2D eigenvalue weighted by Gasteiger charge is 2.43. The van der Waals surface area contributed by atoms with Crippen molar-refractivity contribution in [3.05, 3.63) is 72.4 Å². The number of fused-ring (bicyclic) bond motifs is 1. The van der Waals surface area contributed by atoms with Crippen LogP contribution in [0, 0.1) is 0 Å². The zero-order chi connectivity index (χ0) is 14.1. The van der Waals surface area contributed by atoms with E-state index < -0.39 is 0 Å². The molecule has 1 N–H and O–H groups in total. The number of nitrogens with one attached hydrogen (secondary N) is 1. The fraction of sp³-hybridized carbons (Fsp3) is 0.211. The number of aromatic nitrogens is 1. The van der Waals surface area contributed by atoms with Crippen molar-refractivity contribution < 1.29 is 0 Å². The van der Waals surface area contributed by atoms with Gasteiger partial charge in [-0.2, -0.15) is 0 Å². The molecule has 0 radical (unpaired) electrons. The Morgan fingerprint density at radius 1 is 0.905 bits per heavy atom. The molecule has 4 rings (SSSR count). The van der Waals surface area contributed by atoms with E-state index >= 15 is 0 Å². The van der Waals surface area contributed by atoms with Crippen LogP contribution in [-0.4, -0.2) is 11.5 Å². The molecular weight excluding hydrogens is 256 g/mol. The molecule has 1 heterocycles. The van der Waals surface area contributed by atoms with Crippen molar-refractivity contribution in [2.24, 2.45) is 0 Å². The maximum atomic E-state index is 4.52. The molecule has 1 fully saturated rings. The smallest absolute Gasteiger partial charge is 0.133 e. The summed E-state index contributed by atoms with van der Waals surface area (Å²) in [7, 11) is 0. The Kier molecular flexibility index (Phi) is 2.88. The van der Waals surface area contributed by atoms with Gasteiger partial charge in [-0.3, -0.25) is 0 Å². The average molecular weight is 274 g/mol. The second kappa shape index (κ2) is 4.88. The molecule has 1 aromatic heterocycles. The van der Waals surface area contributed by atoms with Gasteiger partial charge in [0.05, 0.1) is 0 Å². The molecule has 0 atom stereocenters. The van der Waals surface area contributed by atoms with Crippen LogP contribution in [-0.2, 0) is 5.41 Å². The number of hydrogen-bond acceptors (Lipinski definition) is 2. The highest BCUT2D eigenvalue weighted by atomic mass is 15.0. The number of rotatable bonds is 4. The summed E-state index contributed by atoms with van der Waals surface area (Å²) in [6.45, 7) is 0.956. The summed E-state index contributed by atoms with van der Waals surface area (Å²) in [5.74, 6) is 0.996. The lowest BCUT2D eigenvalue weighted by molar-refractivity contribution is 0.731. The topological polar surface area (TPSA) is 24.9 Å². The van der Waals surface area contributed by atoms with Crippen molar-refractivity contribution >= 4 is 16.6 Å². The van der Waals surface area contributed by atoms with Gasteiger partial charge in [-0.1, -0.05) is 54.6 Å². The predicted octanol–water partition coefficient (Wildman–Crippen LogP) is 4.38. The number of nitrogens with zero attached hydrogens (tertiary/aromatic N) is 1. The van der Waals surface area contributed by atoms with E-state index in [0.717, 1.165) is 12.4 Å². The summed E-state index contributed by atoms with van der Waals surface area (Å²) in [6.07, 6.45) is 4.40. The summed E-state index contributed by atoms with van der Waals surface area (Å²) < 4.78 is 0. The lowest BCUT2D eigenvalue weighted by Crippen LogP contribution is -2.20. The van der Waals surface area contributed by atoms with Crippen LogP contribution in [0.5, 0.6) is 0 Å². The van der Waals surface area contributed by atoms with Crippen molar-refractivity contribution in [2.45, 2.75) is 18.3 Å². The van der Waals surface area contributed by atoms with Gasteiger partial charge in [0, 0.05) is 23.5 Å². The van der Waals surface area contributed by atoms with Gasteiger partial charge in [0.2, 0.25) is 0 Å². The highest BCUT2D eigenvalue weighted by molar-refractivity contribution is 5.91. The maximum absolute atomic E-state index is 4.52. The van der Waals surface area contributed by atoms with Gasteiger partial charge in [-0.15, -0.1) is 0 Å². The van der Waals surface area contributed by atoms with E-state index in [9.17, 15) is 0 Å². The third kappa shape index (κ3) is 2.27. The third-order valence-corrected chi connectivity index (χ3v) is 4.51. The van der Waals surface area contributed by atoms with Crippen molar-refractivity contribution in [1.29, 1.82) is 0 Å². The van der Waals surface area contributed by atoms with Crippen LogP contribution in [0.2, 0.25) is 0 Å². The number of anilines is 1. The van der Waals surface area contributed by atoms with Crippen molar-refractivity contribution in [3.8, 4) is 0 Å². The van der Waals surface area contributed by atoms with E-state index in [1.807, 2.05) is 6.20 Å². The fourth-order valence-electron chi connectivity index (χ4n) is 3.02. The van der Waals surface area contributed by atoms with Crippen LogP contribution in [0.25, 0.3) is 10.8 Å². The van der Waals surface area contributed by atoms with Crippen LogP contribution in [0.1, 0.15) is 18.4 Å². The largest absolute Gasteiger partial charge is 0.369 e. The van der Waals surface area contributed by atoms with Crippen molar-refractivity contribution in [2.75, 3.05) is 11.9 Å². The normalized spacial score (nSPS) is 15.8. The average Bonchev–Trinajstić information content (AvgIpc) is 3.35. The molecule has 104 valence electrons. The van der Waals surface area contributed by atoms with Gasteiger partial charge in [-0.25, -0.2) is 4.98 Å². The molecule has 0 bridgehead atoms. The first-order valence-electron chi connectivity index (χ1n) is 7.51. The Labute approximate surface area is 124 Å². The van der Waals surface area contributed by atoms with Crippen molar-refractivity contribution in [1.82, 2.24) is 4.98 Å². The molecule has 21 heavy (non-hydrogen) atoms. The molecule has 1 aliphatic rings. The first kappa shape index (κ1) is 12.4. The van der Waals surface area contributed by atoms with Crippen LogP contribution >= 0.6 is 0 Å². The minimum Gasteiger partial charge on any atom is -0.369 e. The zero-order valence-electron chi connectivity index (χ0n) is 11.9. The third-order valence-electron chi connectivity index (χ3n) is 4.51. The minimum atomic E-state index is 0.305. The Hall–Kier alpha value is -2.35. The molecule has 2 nitrogen and oxygen atoms in total. The van der Waals surface area contributed by atoms with E-state index in [4.69, 9.17) is 0 Å². The van der Waals surface area contributed by atoms with E-state index in [-0.39, 0.29) is 0 Å². The number of pyridine rings is 1. The second-order valence-electron chi connectivity index (χ2n) is 5.88. The number of benzene rings is 2. The van der Waals surface area contributed by atoms with Gasteiger partial charge < -0.3 is 5.32 Å². The summed E-state index contributed by atoms with van der Waals surface area (Å²) in [6, 6.07) is 21.3. The maximum Gasteiger partial charge on any atom is 0.133 e. The zero-order valence-corrected chi connectivity index (χ0v) is 11.9. The van der Waals surface area contributed by atoms with Gasteiger partial charge >= 0.3 is 0 Å². The quantitative estimate of drug-likeness (QED) is 0.763.